The van der Waals surface area contributed by atoms with E-state index in [1.54, 1.807) is 9.80 Å². The summed E-state index contributed by atoms with van der Waals surface area (Å²) >= 11 is 6.58. The van der Waals surface area contributed by atoms with Crippen LogP contribution in [-0.2, 0) is 11.3 Å². The van der Waals surface area contributed by atoms with Crippen molar-refractivity contribution in [2.75, 3.05) is 58.9 Å². The fraction of sp³-hybridized carbons (Fsp3) is 0.344. The van der Waals surface area contributed by atoms with E-state index in [9.17, 15) is 9.59 Å². The fourth-order valence-corrected chi connectivity index (χ4v) is 6.25. The minimum absolute atomic E-state index is 0.0755. The molecule has 214 valence electrons. The molecule has 8 nitrogen and oxygen atoms in total. The maximum absolute atomic E-state index is 12.7. The van der Waals surface area contributed by atoms with Crippen LogP contribution in [0.5, 0.6) is 0 Å². The molecule has 1 unspecified atom stereocenters. The van der Waals surface area contributed by atoms with Crippen molar-refractivity contribution in [2.24, 2.45) is 0 Å². The summed E-state index contributed by atoms with van der Waals surface area (Å²) < 4.78 is 5.56. The predicted molar refractivity (Wildman–Crippen MR) is 164 cm³/mol. The molecule has 10 heteroatoms. The van der Waals surface area contributed by atoms with Gasteiger partial charge in [0.25, 0.3) is 0 Å². The average Bonchev–Trinajstić information content (AvgIpc) is 3.15. The zero-order valence-corrected chi connectivity index (χ0v) is 24.2. The first-order valence-corrected chi connectivity index (χ1v) is 14.8. The normalized spacial score (nSPS) is 19.4. The summed E-state index contributed by atoms with van der Waals surface area (Å²) in [5.74, 6) is -0.380. The molecule has 0 bridgehead atoms. The van der Waals surface area contributed by atoms with Crippen LogP contribution in [0, 0.1) is 0 Å². The standard InChI is InChI=1S/C32H33BClN5O3/c33-31(40)38-17-15-37(16-18-38)30-27-9-8-26(34)20-28(27)25(19-24-7-4-10-35-29(24)30)21-36-11-13-39(14-12-36)32(41)42-22-23-5-2-1-3-6-23/h1-10,19-20,30H,11-18,21-22H2. The number of piperazine rings is 2. The van der Waals surface area contributed by atoms with Crippen LogP contribution >= 0.6 is 11.6 Å². The van der Waals surface area contributed by atoms with Crippen LogP contribution in [0.15, 0.2) is 66.9 Å². The second-order valence-electron chi connectivity index (χ2n) is 10.9. The van der Waals surface area contributed by atoms with E-state index in [1.807, 2.05) is 48.7 Å². The van der Waals surface area contributed by atoms with Crippen molar-refractivity contribution >= 4 is 43.0 Å². The molecular formula is C32H33BClN5O3. The third-order valence-corrected chi connectivity index (χ3v) is 8.57. The SMILES string of the molecule is [B]C(=O)N1CCN(C2c3ccc(Cl)cc3C(CN3CCN(C(=O)OCc4ccccc4)CC3)=Cc3cccnc32)CC1. The van der Waals surface area contributed by atoms with Crippen molar-refractivity contribution in [1.82, 2.24) is 24.6 Å². The van der Waals surface area contributed by atoms with Crippen LogP contribution in [0.2, 0.25) is 5.02 Å². The summed E-state index contributed by atoms with van der Waals surface area (Å²) in [6, 6.07) is 19.9. The minimum Gasteiger partial charge on any atom is -0.445 e. The van der Waals surface area contributed by atoms with Crippen LogP contribution in [0.3, 0.4) is 0 Å². The second kappa shape index (κ2) is 12.7. The smallest absolute Gasteiger partial charge is 0.410 e. The summed E-state index contributed by atoms with van der Waals surface area (Å²) in [5.41, 5.74) is 6.47. The van der Waals surface area contributed by atoms with Gasteiger partial charge >= 0.3 is 6.09 Å². The van der Waals surface area contributed by atoms with Crippen molar-refractivity contribution in [3.63, 3.8) is 0 Å². The lowest BCUT2D eigenvalue weighted by Gasteiger charge is -2.40. The van der Waals surface area contributed by atoms with Crippen LogP contribution in [0.4, 0.5) is 9.59 Å². The Morgan fingerprint density at radius 1 is 0.905 bits per heavy atom. The number of aromatic nitrogens is 1. The molecule has 3 heterocycles. The lowest BCUT2D eigenvalue weighted by Crippen LogP contribution is -2.50. The van der Waals surface area contributed by atoms with Gasteiger partial charge in [0.15, 0.2) is 5.81 Å². The monoisotopic (exact) mass is 581 g/mol. The van der Waals surface area contributed by atoms with Gasteiger partial charge in [0.2, 0.25) is 7.85 Å². The number of pyridine rings is 1. The number of rotatable bonds is 5. The Morgan fingerprint density at radius 3 is 2.38 bits per heavy atom. The van der Waals surface area contributed by atoms with Crippen LogP contribution in [-0.4, -0.2) is 103 Å². The molecule has 2 amide bonds. The van der Waals surface area contributed by atoms with E-state index in [4.69, 9.17) is 29.2 Å². The zero-order valence-electron chi connectivity index (χ0n) is 23.5. The Kier molecular flexibility index (Phi) is 8.60. The van der Waals surface area contributed by atoms with E-state index in [2.05, 4.69) is 34.1 Å². The van der Waals surface area contributed by atoms with Gasteiger partial charge in [-0.05, 0) is 52.1 Å². The molecule has 2 fully saturated rings. The van der Waals surface area contributed by atoms with Gasteiger partial charge in [-0.15, -0.1) is 0 Å². The minimum atomic E-state index is -0.380. The van der Waals surface area contributed by atoms with E-state index >= 15 is 0 Å². The van der Waals surface area contributed by atoms with Crippen molar-refractivity contribution in [3.8, 4) is 0 Å². The quantitative estimate of drug-likeness (QED) is 0.412. The van der Waals surface area contributed by atoms with E-state index in [0.29, 0.717) is 44.3 Å². The number of carbonyl (C=O) groups is 2. The number of amides is 2. The van der Waals surface area contributed by atoms with Gasteiger partial charge in [0.1, 0.15) is 6.61 Å². The lowest BCUT2D eigenvalue weighted by atomic mass is 9.93. The maximum atomic E-state index is 12.7. The Morgan fingerprint density at radius 2 is 1.64 bits per heavy atom. The number of hydrogen-bond donors (Lipinski definition) is 0. The molecule has 3 aromatic rings. The van der Waals surface area contributed by atoms with Crippen LogP contribution in [0.25, 0.3) is 11.6 Å². The van der Waals surface area contributed by atoms with Crippen molar-refractivity contribution < 1.29 is 14.3 Å². The molecule has 2 aliphatic heterocycles. The van der Waals surface area contributed by atoms with Gasteiger partial charge in [-0.2, -0.15) is 0 Å². The molecule has 6 rings (SSSR count). The number of carbonyl (C=O) groups excluding carboxylic acids is 2. The zero-order chi connectivity index (χ0) is 29.1. The van der Waals surface area contributed by atoms with Crippen molar-refractivity contribution in [1.29, 1.82) is 0 Å². The van der Waals surface area contributed by atoms with Gasteiger partial charge in [-0.1, -0.05) is 54.1 Å². The topological polar surface area (TPSA) is 69.2 Å². The number of benzene rings is 2. The molecule has 2 radical (unpaired) electrons. The highest BCUT2D eigenvalue weighted by atomic mass is 35.5. The first kappa shape index (κ1) is 28.5. The summed E-state index contributed by atoms with van der Waals surface area (Å²) in [6.45, 7) is 6.24. The Hall–Kier alpha value is -3.66. The van der Waals surface area contributed by atoms with Gasteiger partial charge in [-0.25, -0.2) is 4.79 Å². The van der Waals surface area contributed by atoms with E-state index in [-0.39, 0.29) is 24.5 Å². The summed E-state index contributed by atoms with van der Waals surface area (Å²) in [6.07, 6.45) is 3.80. The molecule has 1 atom stereocenters. The highest BCUT2D eigenvalue weighted by Gasteiger charge is 2.33. The molecule has 2 saturated heterocycles. The molecule has 42 heavy (non-hydrogen) atoms. The number of nitrogens with zero attached hydrogens (tertiary/aromatic N) is 5. The van der Waals surface area contributed by atoms with E-state index < -0.39 is 0 Å². The number of hydrogen-bond acceptors (Lipinski definition) is 6. The number of ether oxygens (including phenoxy) is 1. The van der Waals surface area contributed by atoms with Crippen LogP contribution < -0.4 is 0 Å². The molecule has 3 aliphatic rings. The summed E-state index contributed by atoms with van der Waals surface area (Å²) in [4.78, 5) is 37.6. The second-order valence-corrected chi connectivity index (χ2v) is 11.4. The summed E-state index contributed by atoms with van der Waals surface area (Å²) in [5, 5.41) is 0.682. The average molecular weight is 582 g/mol. The fourth-order valence-electron chi connectivity index (χ4n) is 6.08. The highest BCUT2D eigenvalue weighted by molar-refractivity contribution is 6.56. The molecule has 0 N–H and O–H groups in total. The van der Waals surface area contributed by atoms with Crippen molar-refractivity contribution in [3.05, 3.63) is 99.8 Å². The number of fused-ring (bicyclic) bond motifs is 2. The molecule has 2 aromatic carbocycles. The van der Waals surface area contributed by atoms with Gasteiger partial charge < -0.3 is 14.5 Å². The molecular weight excluding hydrogens is 549 g/mol. The highest BCUT2D eigenvalue weighted by Crippen LogP contribution is 2.40. The Bertz CT molecular complexity index is 1470. The number of halogens is 1. The van der Waals surface area contributed by atoms with Gasteiger partial charge in [-0.3, -0.25) is 19.6 Å². The van der Waals surface area contributed by atoms with Crippen LogP contribution in [0.1, 0.15) is 34.0 Å². The molecule has 0 spiro atoms. The lowest BCUT2D eigenvalue weighted by molar-refractivity contribution is 0.0746. The third kappa shape index (κ3) is 6.23. The predicted octanol–water partition coefficient (Wildman–Crippen LogP) is 4.54. The molecule has 0 saturated carbocycles. The molecule has 1 aromatic heterocycles. The van der Waals surface area contributed by atoms with Crippen molar-refractivity contribution in [2.45, 2.75) is 12.6 Å². The van der Waals surface area contributed by atoms with Gasteiger partial charge in [0.05, 0.1) is 11.7 Å². The molecule has 1 aliphatic carbocycles. The maximum Gasteiger partial charge on any atom is 0.410 e. The van der Waals surface area contributed by atoms with E-state index in [0.717, 1.165) is 47.6 Å². The first-order chi connectivity index (χ1) is 20.5. The first-order valence-electron chi connectivity index (χ1n) is 14.4. The Labute approximate surface area is 252 Å². The Balaban J connectivity index is 1.19. The van der Waals surface area contributed by atoms with E-state index in [1.165, 1.54) is 5.57 Å². The third-order valence-electron chi connectivity index (χ3n) is 8.34. The summed E-state index contributed by atoms with van der Waals surface area (Å²) in [7, 11) is 5.56. The largest absolute Gasteiger partial charge is 0.445 e. The van der Waals surface area contributed by atoms with Gasteiger partial charge in [0, 0.05) is 70.1 Å².